The lowest BCUT2D eigenvalue weighted by Gasteiger charge is -2.27. The number of rotatable bonds is 8. The Kier molecular flexibility index (Phi) is 8.11. The highest BCUT2D eigenvalue weighted by Crippen LogP contribution is 2.26. The van der Waals surface area contributed by atoms with Gasteiger partial charge in [-0.25, -0.2) is 18.2 Å². The number of morpholine rings is 2. The second-order valence-electron chi connectivity index (χ2n) is 8.14. The number of aromatic nitrogens is 1. The van der Waals surface area contributed by atoms with Crippen molar-refractivity contribution in [1.82, 2.24) is 14.2 Å². The zero-order chi connectivity index (χ0) is 24.0. The Morgan fingerprint density at radius 3 is 2.44 bits per heavy atom. The zero-order valence-corrected chi connectivity index (χ0v) is 20.1. The molecule has 0 atom stereocenters. The molecule has 10 nitrogen and oxygen atoms in total. The summed E-state index contributed by atoms with van der Waals surface area (Å²) >= 11 is 0. The Hall–Kier alpha value is -2.57. The summed E-state index contributed by atoms with van der Waals surface area (Å²) in [5, 5.41) is 3.16. The Bertz CT molecular complexity index is 1100. The first-order valence-electron chi connectivity index (χ1n) is 11.3. The molecule has 2 aliphatic heterocycles. The average molecular weight is 491 g/mol. The standard InChI is InChI=1S/C23H30N4O6S/c1-31-23(28)20-14-21(34(29,30)27-7-11-33-12-8-27)22(25-16-20)24-15-18-3-2-4-19(13-18)17-26-5-9-32-10-6-26/h2-4,13-14,16H,5-12,15,17H2,1H3,(H,24,25). The lowest BCUT2D eigenvalue weighted by atomic mass is 10.1. The van der Waals surface area contributed by atoms with Gasteiger partial charge in [0.2, 0.25) is 10.0 Å². The summed E-state index contributed by atoms with van der Waals surface area (Å²) < 4.78 is 43.6. The van der Waals surface area contributed by atoms with Gasteiger partial charge in [-0.15, -0.1) is 0 Å². The fraction of sp³-hybridized carbons (Fsp3) is 0.478. The number of nitrogens with one attached hydrogen (secondary N) is 1. The van der Waals surface area contributed by atoms with Crippen molar-refractivity contribution in [3.63, 3.8) is 0 Å². The molecule has 34 heavy (non-hydrogen) atoms. The van der Waals surface area contributed by atoms with Crippen molar-refractivity contribution in [3.05, 3.63) is 53.2 Å². The highest BCUT2D eigenvalue weighted by molar-refractivity contribution is 7.89. The van der Waals surface area contributed by atoms with Gasteiger partial charge in [0.05, 0.1) is 39.1 Å². The van der Waals surface area contributed by atoms with Crippen LogP contribution in [0.3, 0.4) is 0 Å². The van der Waals surface area contributed by atoms with Crippen LogP contribution in [0, 0.1) is 0 Å². The molecule has 2 aliphatic rings. The van der Waals surface area contributed by atoms with E-state index in [0.29, 0.717) is 19.8 Å². The van der Waals surface area contributed by atoms with Gasteiger partial charge in [-0.05, 0) is 17.2 Å². The summed E-state index contributed by atoms with van der Waals surface area (Å²) in [5.74, 6) is -0.453. The molecule has 3 heterocycles. The summed E-state index contributed by atoms with van der Waals surface area (Å²) in [6, 6.07) is 9.47. The molecular formula is C23H30N4O6S. The monoisotopic (exact) mass is 490 g/mol. The average Bonchev–Trinajstić information content (AvgIpc) is 2.88. The van der Waals surface area contributed by atoms with Gasteiger partial charge in [-0.1, -0.05) is 24.3 Å². The van der Waals surface area contributed by atoms with Crippen LogP contribution in [0.25, 0.3) is 0 Å². The van der Waals surface area contributed by atoms with Gasteiger partial charge in [0.15, 0.2) is 0 Å². The summed E-state index contributed by atoms with van der Waals surface area (Å²) in [6.45, 7) is 5.64. The predicted molar refractivity (Wildman–Crippen MR) is 125 cm³/mol. The van der Waals surface area contributed by atoms with Crippen LogP contribution in [0.1, 0.15) is 21.5 Å². The van der Waals surface area contributed by atoms with E-state index in [9.17, 15) is 13.2 Å². The normalized spacial score (nSPS) is 17.9. The molecule has 184 valence electrons. The van der Waals surface area contributed by atoms with E-state index >= 15 is 0 Å². The van der Waals surface area contributed by atoms with Crippen molar-refractivity contribution < 1.29 is 27.4 Å². The van der Waals surface area contributed by atoms with Crippen LogP contribution in [-0.2, 0) is 37.3 Å². The number of anilines is 1. The minimum absolute atomic E-state index is 0.0539. The molecule has 1 aromatic heterocycles. The second-order valence-corrected chi connectivity index (χ2v) is 10.0. The lowest BCUT2D eigenvalue weighted by Crippen LogP contribution is -2.41. The molecule has 0 unspecified atom stereocenters. The molecule has 11 heteroatoms. The van der Waals surface area contributed by atoms with Gasteiger partial charge in [0, 0.05) is 45.5 Å². The van der Waals surface area contributed by atoms with Crippen LogP contribution in [0.15, 0.2) is 41.4 Å². The number of hydrogen-bond donors (Lipinski definition) is 1. The summed E-state index contributed by atoms with van der Waals surface area (Å²) in [6.07, 6.45) is 1.32. The molecule has 0 aliphatic carbocycles. The largest absolute Gasteiger partial charge is 0.465 e. The van der Waals surface area contributed by atoms with E-state index in [-0.39, 0.29) is 29.4 Å². The van der Waals surface area contributed by atoms with E-state index in [0.717, 1.165) is 38.4 Å². The van der Waals surface area contributed by atoms with E-state index in [1.54, 1.807) is 0 Å². The quantitative estimate of drug-likeness (QED) is 0.548. The number of ether oxygens (including phenoxy) is 3. The van der Waals surface area contributed by atoms with Crippen LogP contribution in [0.2, 0.25) is 0 Å². The molecule has 4 rings (SSSR count). The van der Waals surface area contributed by atoms with Crippen molar-refractivity contribution in [1.29, 1.82) is 0 Å². The Morgan fingerprint density at radius 1 is 1.06 bits per heavy atom. The number of carbonyl (C=O) groups is 1. The fourth-order valence-corrected chi connectivity index (χ4v) is 5.52. The summed E-state index contributed by atoms with van der Waals surface area (Å²) in [5.41, 5.74) is 2.25. The highest BCUT2D eigenvalue weighted by atomic mass is 32.2. The molecule has 2 saturated heterocycles. The van der Waals surface area contributed by atoms with Crippen molar-refractivity contribution in [2.24, 2.45) is 0 Å². The first kappa shape index (κ1) is 24.6. The smallest absolute Gasteiger partial charge is 0.339 e. The van der Waals surface area contributed by atoms with Crippen LogP contribution in [0.4, 0.5) is 5.82 Å². The zero-order valence-electron chi connectivity index (χ0n) is 19.2. The lowest BCUT2D eigenvalue weighted by molar-refractivity contribution is 0.0342. The number of pyridine rings is 1. The van der Waals surface area contributed by atoms with E-state index in [1.807, 2.05) is 12.1 Å². The molecule has 0 radical (unpaired) electrons. The number of nitrogens with zero attached hydrogens (tertiary/aromatic N) is 3. The predicted octanol–water partition coefficient (Wildman–Crippen LogP) is 1.33. The third kappa shape index (κ3) is 5.91. The third-order valence-electron chi connectivity index (χ3n) is 5.82. The van der Waals surface area contributed by atoms with Gasteiger partial charge in [-0.3, -0.25) is 4.90 Å². The maximum atomic E-state index is 13.4. The van der Waals surface area contributed by atoms with Crippen LogP contribution >= 0.6 is 0 Å². The van der Waals surface area contributed by atoms with Crippen molar-refractivity contribution in [2.75, 3.05) is 65.0 Å². The Morgan fingerprint density at radius 2 is 1.74 bits per heavy atom. The summed E-state index contributed by atoms with van der Waals surface area (Å²) in [7, 11) is -2.64. The number of hydrogen-bond acceptors (Lipinski definition) is 9. The molecule has 0 bridgehead atoms. The molecule has 0 spiro atoms. The van der Waals surface area contributed by atoms with Gasteiger partial charge in [0.1, 0.15) is 10.7 Å². The van der Waals surface area contributed by atoms with Gasteiger partial charge in [0.25, 0.3) is 0 Å². The Labute approximate surface area is 199 Å². The molecular weight excluding hydrogens is 460 g/mol. The van der Waals surface area contributed by atoms with Gasteiger partial charge < -0.3 is 19.5 Å². The maximum absolute atomic E-state index is 13.4. The summed E-state index contributed by atoms with van der Waals surface area (Å²) in [4.78, 5) is 18.6. The number of benzene rings is 1. The minimum atomic E-state index is -3.89. The molecule has 2 fully saturated rings. The minimum Gasteiger partial charge on any atom is -0.465 e. The van der Waals surface area contributed by atoms with E-state index < -0.39 is 16.0 Å². The molecule has 1 aromatic carbocycles. The topological polar surface area (TPSA) is 110 Å². The van der Waals surface area contributed by atoms with Crippen molar-refractivity contribution in [3.8, 4) is 0 Å². The SMILES string of the molecule is COC(=O)c1cnc(NCc2cccc(CN3CCOCC3)c2)c(S(=O)(=O)N2CCOCC2)c1. The number of methoxy groups -OCH3 is 1. The van der Waals surface area contributed by atoms with E-state index in [1.165, 1.54) is 29.2 Å². The van der Waals surface area contributed by atoms with Crippen LogP contribution in [-0.4, -0.2) is 88.3 Å². The number of sulfonamides is 1. The molecule has 0 saturated carbocycles. The van der Waals surface area contributed by atoms with Crippen LogP contribution in [0.5, 0.6) is 0 Å². The molecule has 1 N–H and O–H groups in total. The van der Waals surface area contributed by atoms with Crippen molar-refractivity contribution >= 4 is 21.8 Å². The third-order valence-corrected chi connectivity index (χ3v) is 7.73. The number of carbonyl (C=O) groups excluding carboxylic acids is 1. The van der Waals surface area contributed by atoms with E-state index in [2.05, 4.69) is 27.3 Å². The maximum Gasteiger partial charge on any atom is 0.339 e. The van der Waals surface area contributed by atoms with Crippen molar-refractivity contribution in [2.45, 2.75) is 18.0 Å². The Balaban J connectivity index is 1.54. The fourth-order valence-electron chi connectivity index (χ4n) is 3.97. The second kappa shape index (κ2) is 11.2. The first-order chi connectivity index (χ1) is 16.5. The van der Waals surface area contributed by atoms with Gasteiger partial charge >= 0.3 is 5.97 Å². The first-order valence-corrected chi connectivity index (χ1v) is 12.7. The number of esters is 1. The van der Waals surface area contributed by atoms with E-state index in [4.69, 9.17) is 14.2 Å². The molecule has 2 aromatic rings. The molecule has 0 amide bonds. The van der Waals surface area contributed by atoms with Crippen LogP contribution < -0.4 is 5.32 Å². The highest BCUT2D eigenvalue weighted by Gasteiger charge is 2.30. The van der Waals surface area contributed by atoms with Gasteiger partial charge in [-0.2, -0.15) is 4.31 Å².